The number of carbonyl (C=O) groups is 1. The fourth-order valence-electron chi connectivity index (χ4n) is 2.87. The standard InChI is InChI=1S/C17H26N2O.ClH/c1-13-8-7-9-14(2)16(13)18-17(20)15(3)12-19-10-5-4-6-11-19;/h7-9,15H,4-6,10-12H2,1-3H3,(H,18,20);1H. The van der Waals surface area contributed by atoms with E-state index in [-0.39, 0.29) is 24.2 Å². The minimum absolute atomic E-state index is 0. The third kappa shape index (κ3) is 5.01. The zero-order chi connectivity index (χ0) is 14.5. The Labute approximate surface area is 134 Å². The molecule has 1 amide bonds. The number of rotatable bonds is 4. The van der Waals surface area contributed by atoms with E-state index in [0.717, 1.165) is 36.4 Å². The monoisotopic (exact) mass is 310 g/mol. The number of nitrogens with zero attached hydrogens (tertiary/aromatic N) is 1. The summed E-state index contributed by atoms with van der Waals surface area (Å²) in [5.74, 6) is 0.167. The maximum Gasteiger partial charge on any atom is 0.228 e. The maximum absolute atomic E-state index is 12.4. The number of anilines is 1. The Hall–Kier alpha value is -1.06. The van der Waals surface area contributed by atoms with Crippen LogP contribution in [0.4, 0.5) is 5.69 Å². The molecule has 0 saturated carbocycles. The van der Waals surface area contributed by atoms with Gasteiger partial charge < -0.3 is 10.2 Å². The Kier molecular flexibility index (Phi) is 7.20. The van der Waals surface area contributed by atoms with Crippen molar-refractivity contribution in [3.8, 4) is 0 Å². The molecule has 1 aliphatic heterocycles. The summed E-state index contributed by atoms with van der Waals surface area (Å²) in [6, 6.07) is 6.10. The van der Waals surface area contributed by atoms with Crippen LogP contribution in [-0.4, -0.2) is 30.4 Å². The summed E-state index contributed by atoms with van der Waals surface area (Å²) in [6.45, 7) is 9.26. The lowest BCUT2D eigenvalue weighted by molar-refractivity contribution is -0.120. The van der Waals surface area contributed by atoms with Crippen LogP contribution in [0.2, 0.25) is 0 Å². The SMILES string of the molecule is Cc1cccc(C)c1NC(=O)C(C)CN1CCCCC1.Cl. The molecule has 1 atom stereocenters. The number of halogens is 1. The van der Waals surface area contributed by atoms with Crippen LogP contribution in [-0.2, 0) is 4.79 Å². The molecule has 118 valence electrons. The second-order valence-corrected chi connectivity index (χ2v) is 6.02. The van der Waals surface area contributed by atoms with E-state index in [4.69, 9.17) is 0 Å². The fourth-order valence-corrected chi connectivity index (χ4v) is 2.87. The summed E-state index contributed by atoms with van der Waals surface area (Å²) in [6.07, 6.45) is 3.87. The van der Waals surface area contributed by atoms with Crippen LogP contribution in [0.5, 0.6) is 0 Å². The molecule has 0 radical (unpaired) electrons. The summed E-state index contributed by atoms with van der Waals surface area (Å²) < 4.78 is 0. The molecule has 1 aromatic carbocycles. The lowest BCUT2D eigenvalue weighted by Gasteiger charge is -2.28. The van der Waals surface area contributed by atoms with Crippen LogP contribution in [0.1, 0.15) is 37.3 Å². The quantitative estimate of drug-likeness (QED) is 0.917. The number of likely N-dealkylation sites (tertiary alicyclic amines) is 1. The molecule has 0 aliphatic carbocycles. The average Bonchev–Trinajstić information content (AvgIpc) is 2.44. The van der Waals surface area contributed by atoms with Crippen molar-refractivity contribution < 1.29 is 4.79 Å². The van der Waals surface area contributed by atoms with Crippen molar-refractivity contribution in [2.45, 2.75) is 40.0 Å². The van der Waals surface area contributed by atoms with Gasteiger partial charge in [-0.25, -0.2) is 0 Å². The topological polar surface area (TPSA) is 32.3 Å². The van der Waals surface area contributed by atoms with Gasteiger partial charge in [0.15, 0.2) is 0 Å². The molecule has 3 nitrogen and oxygen atoms in total. The van der Waals surface area contributed by atoms with Crippen molar-refractivity contribution in [2.75, 3.05) is 25.0 Å². The molecule has 1 heterocycles. The van der Waals surface area contributed by atoms with Crippen LogP contribution < -0.4 is 5.32 Å². The van der Waals surface area contributed by atoms with Gasteiger partial charge in [-0.2, -0.15) is 0 Å². The molecule has 0 aromatic heterocycles. The highest BCUT2D eigenvalue weighted by Crippen LogP contribution is 2.20. The second kappa shape index (κ2) is 8.40. The van der Waals surface area contributed by atoms with Crippen LogP contribution in [0.15, 0.2) is 18.2 Å². The molecule has 1 aromatic rings. The molecule has 1 saturated heterocycles. The van der Waals surface area contributed by atoms with E-state index in [1.54, 1.807) is 0 Å². The predicted octanol–water partition coefficient (Wildman–Crippen LogP) is 3.79. The van der Waals surface area contributed by atoms with Gasteiger partial charge in [-0.1, -0.05) is 31.5 Å². The van der Waals surface area contributed by atoms with E-state index >= 15 is 0 Å². The molecule has 1 aliphatic rings. The van der Waals surface area contributed by atoms with Gasteiger partial charge in [0.25, 0.3) is 0 Å². The van der Waals surface area contributed by atoms with E-state index in [1.807, 2.05) is 39.0 Å². The Morgan fingerprint density at radius 2 is 1.76 bits per heavy atom. The molecular weight excluding hydrogens is 284 g/mol. The molecule has 4 heteroatoms. The normalized spacial score (nSPS) is 16.9. The molecule has 1 fully saturated rings. The first-order valence-electron chi connectivity index (χ1n) is 7.67. The number of aryl methyl sites for hydroxylation is 2. The van der Waals surface area contributed by atoms with Gasteiger partial charge >= 0.3 is 0 Å². The van der Waals surface area contributed by atoms with Crippen molar-refractivity contribution in [3.05, 3.63) is 29.3 Å². The number of para-hydroxylation sites is 1. The highest BCUT2D eigenvalue weighted by molar-refractivity contribution is 5.93. The van der Waals surface area contributed by atoms with E-state index < -0.39 is 0 Å². The third-order valence-electron chi connectivity index (χ3n) is 4.16. The van der Waals surface area contributed by atoms with Gasteiger partial charge in [0, 0.05) is 18.2 Å². The van der Waals surface area contributed by atoms with Crippen molar-refractivity contribution in [3.63, 3.8) is 0 Å². The van der Waals surface area contributed by atoms with Crippen molar-refractivity contribution >= 4 is 24.0 Å². The fraction of sp³-hybridized carbons (Fsp3) is 0.588. The van der Waals surface area contributed by atoms with Crippen LogP contribution in [0.25, 0.3) is 0 Å². The highest BCUT2D eigenvalue weighted by Gasteiger charge is 2.19. The minimum atomic E-state index is 0. The van der Waals surface area contributed by atoms with Gasteiger partial charge in [0.1, 0.15) is 0 Å². The van der Waals surface area contributed by atoms with Gasteiger partial charge in [-0.3, -0.25) is 4.79 Å². The van der Waals surface area contributed by atoms with Gasteiger partial charge in [0.2, 0.25) is 5.91 Å². The first kappa shape index (κ1) is 18.0. The van der Waals surface area contributed by atoms with E-state index in [2.05, 4.69) is 10.2 Å². The number of carbonyl (C=O) groups excluding carboxylic acids is 1. The summed E-state index contributed by atoms with van der Waals surface area (Å²) in [7, 11) is 0. The average molecular weight is 311 g/mol. The first-order valence-corrected chi connectivity index (χ1v) is 7.67. The van der Waals surface area contributed by atoms with E-state index in [0.29, 0.717) is 0 Å². The lowest BCUT2D eigenvalue weighted by Crippen LogP contribution is -2.37. The van der Waals surface area contributed by atoms with Gasteiger partial charge in [-0.05, 0) is 50.9 Å². The van der Waals surface area contributed by atoms with Crippen LogP contribution in [0, 0.1) is 19.8 Å². The lowest BCUT2D eigenvalue weighted by atomic mass is 10.1. The largest absolute Gasteiger partial charge is 0.325 e. The Morgan fingerprint density at radius 3 is 2.33 bits per heavy atom. The summed E-state index contributed by atoms with van der Waals surface area (Å²) in [5.41, 5.74) is 3.23. The molecule has 21 heavy (non-hydrogen) atoms. The molecule has 2 rings (SSSR count). The highest BCUT2D eigenvalue weighted by atomic mass is 35.5. The Balaban J connectivity index is 0.00000220. The number of benzene rings is 1. The van der Waals surface area contributed by atoms with Crippen molar-refractivity contribution in [2.24, 2.45) is 5.92 Å². The Bertz CT molecular complexity index is 450. The van der Waals surface area contributed by atoms with E-state index in [9.17, 15) is 4.79 Å². The van der Waals surface area contributed by atoms with Crippen molar-refractivity contribution in [1.29, 1.82) is 0 Å². The molecular formula is C17H27ClN2O. The third-order valence-corrected chi connectivity index (χ3v) is 4.16. The zero-order valence-electron chi connectivity index (χ0n) is 13.3. The maximum atomic E-state index is 12.4. The summed E-state index contributed by atoms with van der Waals surface area (Å²) >= 11 is 0. The number of amides is 1. The zero-order valence-corrected chi connectivity index (χ0v) is 14.1. The number of nitrogens with one attached hydrogen (secondary N) is 1. The van der Waals surface area contributed by atoms with Gasteiger partial charge in [-0.15, -0.1) is 12.4 Å². The molecule has 0 bridgehead atoms. The molecule has 1 N–H and O–H groups in total. The molecule has 0 spiro atoms. The van der Waals surface area contributed by atoms with E-state index in [1.165, 1.54) is 19.3 Å². The van der Waals surface area contributed by atoms with Crippen LogP contribution >= 0.6 is 12.4 Å². The Morgan fingerprint density at radius 1 is 1.19 bits per heavy atom. The van der Waals surface area contributed by atoms with Crippen molar-refractivity contribution in [1.82, 2.24) is 4.90 Å². The predicted molar refractivity (Wildman–Crippen MR) is 91.2 cm³/mol. The second-order valence-electron chi connectivity index (χ2n) is 6.02. The smallest absolute Gasteiger partial charge is 0.228 e. The minimum Gasteiger partial charge on any atom is -0.325 e. The number of piperidine rings is 1. The number of hydrogen-bond donors (Lipinski definition) is 1. The van der Waals surface area contributed by atoms with Gasteiger partial charge in [0.05, 0.1) is 0 Å². The first-order chi connectivity index (χ1) is 9.58. The summed E-state index contributed by atoms with van der Waals surface area (Å²) in [5, 5.41) is 3.10. The molecule has 1 unspecified atom stereocenters. The van der Waals surface area contributed by atoms with Crippen LogP contribution in [0.3, 0.4) is 0 Å². The summed E-state index contributed by atoms with van der Waals surface area (Å²) in [4.78, 5) is 14.8. The number of hydrogen-bond acceptors (Lipinski definition) is 2.